The second kappa shape index (κ2) is 7.35. The molecule has 0 spiro atoms. The number of hydrogen-bond donors (Lipinski definition) is 3. The molecule has 1 saturated heterocycles. The molecule has 3 aromatic rings. The van der Waals surface area contributed by atoms with Crippen LogP contribution in [0.4, 0.5) is 10.2 Å². The fraction of sp³-hybridized carbons (Fsp3) is 0.278. The number of anilines is 1. The van der Waals surface area contributed by atoms with Gasteiger partial charge in [-0.1, -0.05) is 40.8 Å². The van der Waals surface area contributed by atoms with E-state index in [0.29, 0.717) is 16.6 Å². The number of alkyl halides is 2. The van der Waals surface area contributed by atoms with Crippen LogP contribution in [-0.2, 0) is 4.74 Å². The number of carbonyl (C=O) groups excluding carboxylic acids is 1. The number of nitrogens with one attached hydrogen (secondary N) is 1. The van der Waals surface area contributed by atoms with Crippen molar-refractivity contribution in [3.63, 3.8) is 0 Å². The molecule has 3 heterocycles. The SMILES string of the molecule is O=C(Nc1ncnc2c1ccn2[C@@H]1O[C@](F)(CI)[C@@H](O)[C@H]1O)c1ccccc1. The molecule has 8 nitrogen and oxygen atoms in total. The van der Waals surface area contributed by atoms with Crippen molar-refractivity contribution < 1.29 is 24.1 Å². The summed E-state index contributed by atoms with van der Waals surface area (Å²) in [6.07, 6.45) is -1.55. The van der Waals surface area contributed by atoms with Crippen LogP contribution in [0.2, 0.25) is 0 Å². The van der Waals surface area contributed by atoms with E-state index < -0.39 is 24.3 Å². The van der Waals surface area contributed by atoms with Crippen molar-refractivity contribution in [1.29, 1.82) is 0 Å². The molecule has 1 aliphatic heterocycles. The highest BCUT2D eigenvalue weighted by atomic mass is 127. The van der Waals surface area contributed by atoms with Crippen LogP contribution >= 0.6 is 22.6 Å². The molecular weight excluding hydrogens is 482 g/mol. The summed E-state index contributed by atoms with van der Waals surface area (Å²) < 4.78 is 21.2. The molecule has 4 rings (SSSR count). The van der Waals surface area contributed by atoms with Crippen LogP contribution in [0.1, 0.15) is 16.6 Å². The monoisotopic (exact) mass is 498 g/mol. The topological polar surface area (TPSA) is 110 Å². The number of fused-ring (bicyclic) bond motifs is 1. The Morgan fingerprint density at radius 3 is 2.71 bits per heavy atom. The van der Waals surface area contributed by atoms with Crippen molar-refractivity contribution in [2.24, 2.45) is 0 Å². The molecular formula is C18H16FIN4O4. The van der Waals surface area contributed by atoms with E-state index in [1.54, 1.807) is 52.9 Å². The molecule has 0 saturated carbocycles. The highest BCUT2D eigenvalue weighted by molar-refractivity contribution is 14.1. The Labute approximate surface area is 172 Å². The Kier molecular flexibility index (Phi) is 5.04. The molecule has 1 aliphatic rings. The quantitative estimate of drug-likeness (QED) is 0.376. The van der Waals surface area contributed by atoms with Crippen LogP contribution in [-0.4, -0.2) is 53.1 Å². The van der Waals surface area contributed by atoms with E-state index in [4.69, 9.17) is 4.74 Å². The Morgan fingerprint density at radius 1 is 1.29 bits per heavy atom. The number of aromatic nitrogens is 3. The molecule has 0 bridgehead atoms. The second-order valence-corrected chi connectivity index (χ2v) is 7.13. The van der Waals surface area contributed by atoms with Gasteiger partial charge in [-0.2, -0.15) is 0 Å². The van der Waals surface area contributed by atoms with E-state index in [2.05, 4.69) is 15.3 Å². The fourth-order valence-electron chi connectivity index (χ4n) is 3.13. The fourth-order valence-corrected chi connectivity index (χ4v) is 3.76. The van der Waals surface area contributed by atoms with Gasteiger partial charge < -0.3 is 24.8 Å². The molecule has 10 heteroatoms. The lowest BCUT2D eigenvalue weighted by Crippen LogP contribution is -2.40. The molecule has 1 fully saturated rings. The van der Waals surface area contributed by atoms with Crippen molar-refractivity contribution in [3.05, 3.63) is 54.5 Å². The van der Waals surface area contributed by atoms with Gasteiger partial charge >= 0.3 is 0 Å². The van der Waals surface area contributed by atoms with Crippen LogP contribution in [0.3, 0.4) is 0 Å². The number of amides is 1. The Balaban J connectivity index is 1.67. The maximum absolute atomic E-state index is 14.6. The van der Waals surface area contributed by atoms with Gasteiger partial charge in [0.25, 0.3) is 5.91 Å². The van der Waals surface area contributed by atoms with E-state index in [1.807, 2.05) is 6.07 Å². The zero-order valence-corrected chi connectivity index (χ0v) is 16.5. The second-order valence-electron chi connectivity index (χ2n) is 6.37. The Hall–Kier alpha value is -2.15. The van der Waals surface area contributed by atoms with Gasteiger partial charge in [0.15, 0.2) is 6.23 Å². The van der Waals surface area contributed by atoms with Gasteiger partial charge in [0, 0.05) is 11.8 Å². The van der Waals surface area contributed by atoms with Gasteiger partial charge in [-0.25, -0.2) is 14.4 Å². The number of aliphatic hydroxyl groups excluding tert-OH is 2. The van der Waals surface area contributed by atoms with Crippen LogP contribution < -0.4 is 5.32 Å². The lowest BCUT2D eigenvalue weighted by Gasteiger charge is -2.20. The number of rotatable bonds is 4. The van der Waals surface area contributed by atoms with Gasteiger partial charge in [0.2, 0.25) is 5.85 Å². The van der Waals surface area contributed by atoms with Crippen LogP contribution in [0.25, 0.3) is 11.0 Å². The third-order valence-electron chi connectivity index (χ3n) is 4.61. The molecule has 4 atom stereocenters. The minimum Gasteiger partial charge on any atom is -0.385 e. The van der Waals surface area contributed by atoms with Crippen molar-refractivity contribution in [2.75, 3.05) is 9.74 Å². The summed E-state index contributed by atoms with van der Waals surface area (Å²) in [7, 11) is 0. The number of hydrogen-bond acceptors (Lipinski definition) is 6. The predicted octanol–water partition coefficient (Wildman–Crippen LogP) is 2.04. The largest absolute Gasteiger partial charge is 0.385 e. The van der Waals surface area contributed by atoms with Gasteiger partial charge in [-0.3, -0.25) is 4.79 Å². The number of aliphatic hydroxyl groups is 2. The van der Waals surface area contributed by atoms with E-state index in [9.17, 15) is 19.4 Å². The van der Waals surface area contributed by atoms with E-state index >= 15 is 0 Å². The smallest absolute Gasteiger partial charge is 0.256 e. The first kappa shape index (κ1) is 19.2. The summed E-state index contributed by atoms with van der Waals surface area (Å²) >= 11 is 1.75. The van der Waals surface area contributed by atoms with Crippen molar-refractivity contribution in [2.45, 2.75) is 24.3 Å². The predicted molar refractivity (Wildman–Crippen MR) is 107 cm³/mol. The van der Waals surface area contributed by atoms with E-state index in [1.165, 1.54) is 17.1 Å². The first-order valence-corrected chi connectivity index (χ1v) is 9.94. The van der Waals surface area contributed by atoms with Crippen molar-refractivity contribution in [1.82, 2.24) is 14.5 Å². The number of halogens is 2. The third kappa shape index (κ3) is 3.15. The Morgan fingerprint density at radius 2 is 2.04 bits per heavy atom. The summed E-state index contributed by atoms with van der Waals surface area (Å²) in [5.41, 5.74) is 0.794. The van der Waals surface area contributed by atoms with E-state index in [-0.39, 0.29) is 16.2 Å². The van der Waals surface area contributed by atoms with Gasteiger partial charge in [-0.15, -0.1) is 0 Å². The highest BCUT2D eigenvalue weighted by Gasteiger charge is 2.55. The molecule has 146 valence electrons. The maximum atomic E-state index is 14.6. The average molecular weight is 498 g/mol. The molecule has 1 amide bonds. The number of benzene rings is 1. The number of ether oxygens (including phenoxy) is 1. The van der Waals surface area contributed by atoms with Gasteiger partial charge in [0.1, 0.15) is 30.0 Å². The minimum absolute atomic E-state index is 0.147. The van der Waals surface area contributed by atoms with Crippen LogP contribution in [0, 0.1) is 0 Å². The molecule has 1 aromatic carbocycles. The average Bonchev–Trinajstić information content (AvgIpc) is 3.24. The van der Waals surface area contributed by atoms with Gasteiger partial charge in [0.05, 0.1) is 9.81 Å². The molecule has 28 heavy (non-hydrogen) atoms. The first-order chi connectivity index (χ1) is 13.4. The molecule has 2 aromatic heterocycles. The van der Waals surface area contributed by atoms with Crippen molar-refractivity contribution >= 4 is 45.3 Å². The van der Waals surface area contributed by atoms with Crippen molar-refractivity contribution in [3.8, 4) is 0 Å². The molecule has 3 N–H and O–H groups in total. The molecule has 0 aliphatic carbocycles. The summed E-state index contributed by atoms with van der Waals surface area (Å²) in [6.45, 7) is 0. The zero-order chi connectivity index (χ0) is 19.9. The third-order valence-corrected chi connectivity index (χ3v) is 5.65. The Bertz CT molecular complexity index is 1020. The maximum Gasteiger partial charge on any atom is 0.256 e. The summed E-state index contributed by atoms with van der Waals surface area (Å²) in [5, 5.41) is 23.5. The lowest BCUT2D eigenvalue weighted by atomic mass is 10.1. The van der Waals surface area contributed by atoms with Gasteiger partial charge in [-0.05, 0) is 18.2 Å². The number of carbonyl (C=O) groups is 1. The summed E-state index contributed by atoms with van der Waals surface area (Å²) in [5.74, 6) is -2.43. The molecule has 0 radical (unpaired) electrons. The van der Waals surface area contributed by atoms with Crippen LogP contribution in [0.5, 0.6) is 0 Å². The number of nitrogens with zero attached hydrogens (tertiary/aromatic N) is 3. The highest BCUT2D eigenvalue weighted by Crippen LogP contribution is 2.41. The molecule has 0 unspecified atom stereocenters. The minimum atomic E-state index is -2.36. The zero-order valence-electron chi connectivity index (χ0n) is 14.4. The lowest BCUT2D eigenvalue weighted by molar-refractivity contribution is -0.167. The standard InChI is InChI=1S/C18H16FIN4O4/c19-18(8-20)13(26)12(25)17(28-18)24-7-6-11-14(21-9-22-15(11)24)23-16(27)10-4-2-1-3-5-10/h1-7,9,12-13,17,25-26H,8H2,(H,21,22,23,27)/t12-,13+,17-,18-/m1/s1. The summed E-state index contributed by atoms with van der Waals surface area (Å²) in [6, 6.07) is 10.3. The van der Waals surface area contributed by atoms with E-state index in [0.717, 1.165) is 0 Å². The van der Waals surface area contributed by atoms with Crippen LogP contribution in [0.15, 0.2) is 48.9 Å². The first-order valence-electron chi connectivity index (χ1n) is 8.41. The normalized spacial score (nSPS) is 27.2. The summed E-state index contributed by atoms with van der Waals surface area (Å²) in [4.78, 5) is 20.7.